The van der Waals surface area contributed by atoms with Crippen molar-refractivity contribution in [3.63, 3.8) is 0 Å². The topological polar surface area (TPSA) is 52.9 Å². The third kappa shape index (κ3) is 3.64. The lowest BCUT2D eigenvalue weighted by atomic mass is 10.0. The van der Waals surface area contributed by atoms with Crippen molar-refractivity contribution < 1.29 is 14.9 Å². The van der Waals surface area contributed by atoms with Gasteiger partial charge in [-0.25, -0.2) is 0 Å². The summed E-state index contributed by atoms with van der Waals surface area (Å²) in [5.74, 6) is 0.686. The van der Waals surface area contributed by atoms with Gasteiger partial charge in [-0.05, 0) is 31.9 Å². The Morgan fingerprint density at radius 2 is 1.90 bits per heavy atom. The van der Waals surface area contributed by atoms with Crippen molar-refractivity contribution in [1.29, 1.82) is 0 Å². The highest BCUT2D eigenvalue weighted by Crippen LogP contribution is 2.36. The van der Waals surface area contributed by atoms with Gasteiger partial charge >= 0.3 is 0 Å². The first kappa shape index (κ1) is 16.8. The van der Waals surface area contributed by atoms with Crippen LogP contribution in [0.15, 0.2) is 18.2 Å². The van der Waals surface area contributed by atoms with E-state index in [0.29, 0.717) is 18.3 Å². The van der Waals surface area contributed by atoms with Gasteiger partial charge in [0.25, 0.3) is 0 Å². The molecular formula is C16H27NO3. The number of benzene rings is 1. The summed E-state index contributed by atoms with van der Waals surface area (Å²) in [4.78, 5) is 2.17. The minimum atomic E-state index is -0.614. The van der Waals surface area contributed by atoms with Gasteiger partial charge in [-0.2, -0.15) is 0 Å². The molecule has 1 rings (SSSR count). The molecule has 0 aromatic heterocycles. The predicted octanol–water partition coefficient (Wildman–Crippen LogP) is 2.74. The molecule has 1 atom stereocenters. The van der Waals surface area contributed by atoms with Gasteiger partial charge in [-0.1, -0.05) is 19.9 Å². The van der Waals surface area contributed by atoms with E-state index in [4.69, 9.17) is 4.74 Å². The first-order valence-electron chi connectivity index (χ1n) is 7.33. The molecule has 0 amide bonds. The fourth-order valence-corrected chi connectivity index (χ4v) is 2.72. The second kappa shape index (κ2) is 8.12. The van der Waals surface area contributed by atoms with Crippen molar-refractivity contribution in [2.45, 2.75) is 45.8 Å². The summed E-state index contributed by atoms with van der Waals surface area (Å²) >= 11 is 0. The molecule has 0 aliphatic carbocycles. The van der Waals surface area contributed by atoms with Crippen LogP contribution in [0.4, 0.5) is 5.69 Å². The van der Waals surface area contributed by atoms with Gasteiger partial charge in [0, 0.05) is 23.8 Å². The van der Waals surface area contributed by atoms with Crippen LogP contribution < -0.4 is 9.64 Å². The number of nitrogens with zero attached hydrogens (tertiary/aromatic N) is 1. The normalized spacial score (nSPS) is 12.6. The molecule has 0 heterocycles. The summed E-state index contributed by atoms with van der Waals surface area (Å²) < 4.78 is 5.37. The molecule has 0 radical (unpaired) electrons. The first-order chi connectivity index (χ1) is 9.60. The molecule has 2 N–H and O–H groups in total. The second-order valence-corrected chi connectivity index (χ2v) is 4.96. The number of ether oxygens (including phenoxy) is 1. The number of rotatable bonds is 8. The lowest BCUT2D eigenvalue weighted by molar-refractivity contribution is 0.194. The van der Waals surface area contributed by atoms with Crippen LogP contribution in [0.1, 0.15) is 45.3 Å². The van der Waals surface area contributed by atoms with Crippen molar-refractivity contribution in [2.24, 2.45) is 0 Å². The molecule has 1 aromatic carbocycles. The lowest BCUT2D eigenvalue weighted by Crippen LogP contribution is -2.37. The van der Waals surface area contributed by atoms with Crippen molar-refractivity contribution in [2.75, 3.05) is 25.2 Å². The summed E-state index contributed by atoms with van der Waals surface area (Å²) in [6.07, 6.45) is 1.37. The van der Waals surface area contributed by atoms with Crippen LogP contribution in [0.3, 0.4) is 0 Å². The highest BCUT2D eigenvalue weighted by atomic mass is 16.5. The summed E-state index contributed by atoms with van der Waals surface area (Å²) in [5, 5.41) is 19.5. The number of aliphatic hydroxyl groups excluding tert-OH is 2. The highest BCUT2D eigenvalue weighted by Gasteiger charge is 2.22. The maximum Gasteiger partial charge on any atom is 0.126 e. The third-order valence-electron chi connectivity index (χ3n) is 3.71. The Hall–Kier alpha value is -1.26. The van der Waals surface area contributed by atoms with Crippen LogP contribution in [0.25, 0.3) is 0 Å². The maximum absolute atomic E-state index is 10.1. The van der Waals surface area contributed by atoms with E-state index in [0.717, 1.165) is 24.1 Å². The van der Waals surface area contributed by atoms with Crippen molar-refractivity contribution >= 4 is 5.69 Å². The van der Waals surface area contributed by atoms with E-state index in [1.54, 1.807) is 14.0 Å². The zero-order valence-corrected chi connectivity index (χ0v) is 13.0. The monoisotopic (exact) mass is 281 g/mol. The Bertz CT molecular complexity index is 403. The molecule has 4 nitrogen and oxygen atoms in total. The van der Waals surface area contributed by atoms with Crippen molar-refractivity contribution in [3.05, 3.63) is 23.8 Å². The molecule has 0 aliphatic heterocycles. The van der Waals surface area contributed by atoms with Crippen LogP contribution in [-0.4, -0.2) is 36.5 Å². The number of aliphatic hydroxyl groups is 2. The van der Waals surface area contributed by atoms with Crippen LogP contribution >= 0.6 is 0 Å². The Morgan fingerprint density at radius 3 is 2.35 bits per heavy atom. The summed E-state index contributed by atoms with van der Waals surface area (Å²) in [7, 11) is 1.61. The average Bonchev–Trinajstić information content (AvgIpc) is 2.46. The van der Waals surface area contributed by atoms with Crippen molar-refractivity contribution in [1.82, 2.24) is 0 Å². The van der Waals surface area contributed by atoms with Crippen LogP contribution in [0, 0.1) is 0 Å². The standard InChI is InChI=1S/C16H27NO3/c1-5-13(6-2)17(10-11-18)14-8-7-9-15(20-4)16(14)12(3)19/h7-9,12-13,18-19H,5-6,10-11H2,1-4H3/t12-/m1/s1. The van der Waals surface area contributed by atoms with E-state index in [2.05, 4.69) is 18.7 Å². The van der Waals surface area contributed by atoms with Gasteiger partial charge in [-0.15, -0.1) is 0 Å². The van der Waals surface area contributed by atoms with Gasteiger partial charge in [0.15, 0.2) is 0 Å². The highest BCUT2D eigenvalue weighted by molar-refractivity contribution is 5.61. The lowest BCUT2D eigenvalue weighted by Gasteiger charge is -2.34. The number of methoxy groups -OCH3 is 1. The largest absolute Gasteiger partial charge is 0.496 e. The van der Waals surface area contributed by atoms with E-state index in [-0.39, 0.29) is 6.61 Å². The minimum Gasteiger partial charge on any atom is -0.496 e. The van der Waals surface area contributed by atoms with Gasteiger partial charge in [0.05, 0.1) is 19.8 Å². The maximum atomic E-state index is 10.1. The molecule has 0 saturated heterocycles. The smallest absolute Gasteiger partial charge is 0.126 e. The van der Waals surface area contributed by atoms with Crippen LogP contribution in [0.2, 0.25) is 0 Å². The van der Waals surface area contributed by atoms with E-state index in [1.807, 2.05) is 18.2 Å². The van der Waals surface area contributed by atoms with Crippen molar-refractivity contribution in [3.8, 4) is 5.75 Å². The summed E-state index contributed by atoms with van der Waals surface area (Å²) in [5.41, 5.74) is 1.73. The number of anilines is 1. The van der Waals surface area contributed by atoms with E-state index < -0.39 is 6.10 Å². The minimum absolute atomic E-state index is 0.0902. The summed E-state index contributed by atoms with van der Waals surface area (Å²) in [6.45, 7) is 6.67. The molecule has 1 aromatic rings. The van der Waals surface area contributed by atoms with Gasteiger partial charge in [0.2, 0.25) is 0 Å². The number of hydrogen-bond acceptors (Lipinski definition) is 4. The van der Waals surface area contributed by atoms with Gasteiger partial charge in [0.1, 0.15) is 5.75 Å². The van der Waals surface area contributed by atoms with E-state index in [9.17, 15) is 10.2 Å². The molecular weight excluding hydrogens is 254 g/mol. The molecule has 0 aliphatic rings. The molecule has 20 heavy (non-hydrogen) atoms. The Morgan fingerprint density at radius 1 is 1.25 bits per heavy atom. The fraction of sp³-hybridized carbons (Fsp3) is 0.625. The molecule has 114 valence electrons. The SMILES string of the molecule is CCC(CC)N(CCO)c1cccc(OC)c1[C@@H](C)O. The zero-order valence-electron chi connectivity index (χ0n) is 13.0. The van der Waals surface area contributed by atoms with E-state index >= 15 is 0 Å². The first-order valence-corrected chi connectivity index (χ1v) is 7.33. The second-order valence-electron chi connectivity index (χ2n) is 4.96. The molecule has 0 fully saturated rings. The quantitative estimate of drug-likeness (QED) is 0.769. The fourth-order valence-electron chi connectivity index (χ4n) is 2.72. The predicted molar refractivity (Wildman–Crippen MR) is 82.4 cm³/mol. The Balaban J connectivity index is 3.31. The van der Waals surface area contributed by atoms with Gasteiger partial charge in [-0.3, -0.25) is 0 Å². The summed E-state index contributed by atoms with van der Waals surface area (Å²) in [6, 6.07) is 6.10. The molecule has 0 spiro atoms. The Kier molecular flexibility index (Phi) is 6.82. The third-order valence-corrected chi connectivity index (χ3v) is 3.71. The average molecular weight is 281 g/mol. The van der Waals surface area contributed by atoms with Crippen LogP contribution in [0.5, 0.6) is 5.75 Å². The number of hydrogen-bond donors (Lipinski definition) is 2. The Labute approximate surface area is 122 Å². The van der Waals surface area contributed by atoms with Gasteiger partial charge < -0.3 is 19.8 Å². The molecule has 0 saturated carbocycles. The zero-order chi connectivity index (χ0) is 15.1. The molecule has 0 bridgehead atoms. The molecule has 4 heteroatoms. The van der Waals surface area contributed by atoms with E-state index in [1.165, 1.54) is 0 Å². The van der Waals surface area contributed by atoms with Crippen LogP contribution in [-0.2, 0) is 0 Å². The molecule has 0 unspecified atom stereocenters.